The van der Waals surface area contributed by atoms with Crippen LogP contribution in [-0.4, -0.2) is 37.5 Å². The number of nitrogens with one attached hydrogen (secondary N) is 3. The van der Waals surface area contributed by atoms with E-state index in [0.717, 1.165) is 0 Å². The van der Waals surface area contributed by atoms with Crippen molar-refractivity contribution in [2.24, 2.45) is 0 Å². The molecule has 5 rings (SSSR count). The molecule has 5 aromatic rings. The van der Waals surface area contributed by atoms with Gasteiger partial charge in [-0.25, -0.2) is 18.7 Å². The first-order chi connectivity index (χ1) is 20.9. The molecule has 15 heteroatoms. The van der Waals surface area contributed by atoms with E-state index < -0.39 is 40.5 Å². The Morgan fingerprint density at radius 3 is 2.39 bits per heavy atom. The SMILES string of the molecule is C[C@H](NC(=O)c1cc(C(=O)NCc2ccc(F)c(CNc3c(N)c(=O)c3=O)c2)n2nc(N)cc2n1)c1ccc(C(=O)O)cc1. The van der Waals surface area contributed by atoms with E-state index in [2.05, 4.69) is 26.0 Å². The second kappa shape index (κ2) is 11.6. The number of aromatic nitrogens is 3. The first-order valence-electron chi connectivity index (χ1n) is 13.1. The number of carbonyl (C=O) groups is 3. The second-order valence-electron chi connectivity index (χ2n) is 9.90. The number of carbonyl (C=O) groups excluding carboxylic acids is 2. The largest absolute Gasteiger partial charge is 0.478 e. The summed E-state index contributed by atoms with van der Waals surface area (Å²) in [4.78, 5) is 64.7. The highest BCUT2D eigenvalue weighted by molar-refractivity contribution is 5.98. The van der Waals surface area contributed by atoms with E-state index in [1.807, 2.05) is 0 Å². The molecule has 2 aromatic heterocycles. The predicted molar refractivity (Wildman–Crippen MR) is 157 cm³/mol. The molecule has 2 heterocycles. The molecular formula is C29H25FN8O6. The zero-order chi connectivity index (χ0) is 31.7. The van der Waals surface area contributed by atoms with Crippen LogP contribution in [0, 0.1) is 5.82 Å². The molecule has 2 amide bonds. The van der Waals surface area contributed by atoms with Gasteiger partial charge in [0.05, 0.1) is 11.6 Å². The first kappa shape index (κ1) is 29.4. The van der Waals surface area contributed by atoms with Gasteiger partial charge < -0.3 is 32.5 Å². The fourth-order valence-corrected chi connectivity index (χ4v) is 4.45. The fourth-order valence-electron chi connectivity index (χ4n) is 4.45. The zero-order valence-electron chi connectivity index (χ0n) is 23.1. The van der Waals surface area contributed by atoms with Gasteiger partial charge in [0.25, 0.3) is 22.7 Å². The van der Waals surface area contributed by atoms with Crippen LogP contribution in [0.25, 0.3) is 5.65 Å². The van der Waals surface area contributed by atoms with E-state index in [4.69, 9.17) is 16.6 Å². The number of hydrogen-bond donors (Lipinski definition) is 6. The summed E-state index contributed by atoms with van der Waals surface area (Å²) < 4.78 is 15.6. The third-order valence-electron chi connectivity index (χ3n) is 6.88. The maximum absolute atomic E-state index is 14.4. The van der Waals surface area contributed by atoms with Crippen molar-refractivity contribution in [1.29, 1.82) is 0 Å². The van der Waals surface area contributed by atoms with Crippen molar-refractivity contribution in [1.82, 2.24) is 25.2 Å². The Morgan fingerprint density at radius 2 is 1.70 bits per heavy atom. The Bertz CT molecular complexity index is 2010. The molecule has 44 heavy (non-hydrogen) atoms. The van der Waals surface area contributed by atoms with Crippen LogP contribution in [0.4, 0.5) is 21.6 Å². The molecule has 0 aliphatic rings. The lowest BCUT2D eigenvalue weighted by atomic mass is 10.1. The van der Waals surface area contributed by atoms with E-state index in [1.165, 1.54) is 47.0 Å². The summed E-state index contributed by atoms with van der Waals surface area (Å²) in [5.41, 5.74) is 10.9. The maximum Gasteiger partial charge on any atom is 0.335 e. The number of nitrogen functional groups attached to an aromatic ring is 2. The molecule has 8 N–H and O–H groups in total. The van der Waals surface area contributed by atoms with E-state index in [1.54, 1.807) is 19.1 Å². The van der Waals surface area contributed by atoms with E-state index in [0.29, 0.717) is 11.1 Å². The number of aromatic carboxylic acids is 1. The van der Waals surface area contributed by atoms with Crippen LogP contribution in [-0.2, 0) is 13.1 Å². The van der Waals surface area contributed by atoms with E-state index in [-0.39, 0.29) is 58.4 Å². The van der Waals surface area contributed by atoms with Crippen molar-refractivity contribution in [3.8, 4) is 0 Å². The van der Waals surface area contributed by atoms with Crippen molar-refractivity contribution in [3.05, 3.63) is 115 Å². The van der Waals surface area contributed by atoms with Crippen LogP contribution in [0.5, 0.6) is 0 Å². The molecule has 0 saturated heterocycles. The van der Waals surface area contributed by atoms with E-state index in [9.17, 15) is 28.4 Å². The average Bonchev–Trinajstić information content (AvgIpc) is 3.40. The summed E-state index contributed by atoms with van der Waals surface area (Å²) >= 11 is 0. The van der Waals surface area contributed by atoms with Crippen molar-refractivity contribution in [2.75, 3.05) is 16.8 Å². The van der Waals surface area contributed by atoms with Gasteiger partial charge in [-0.2, -0.15) is 0 Å². The standard InChI is InChI=1S/C29H25FN8O6/c1-13(15-3-5-16(6-4-15)29(43)44)35-27(41)19-9-20(38-22(36-19)10-21(31)37-38)28(42)34-11-14-2-7-18(30)17(8-14)12-33-24-23(32)25(39)26(24)40/h2-10,13,33H,11-12,32H2,1H3,(H2,31,37)(H,34,42)(H,35,41)(H,43,44)/t13-/m0/s1. The number of hydrogen-bond acceptors (Lipinski definition) is 10. The Hall–Kier alpha value is -6.12. The molecule has 0 radical (unpaired) electrons. The monoisotopic (exact) mass is 600 g/mol. The first-order valence-corrected chi connectivity index (χ1v) is 13.1. The lowest BCUT2D eigenvalue weighted by molar-refractivity contribution is 0.0696. The number of amides is 2. The molecule has 0 saturated carbocycles. The number of nitrogens with zero attached hydrogens (tertiary/aromatic N) is 3. The number of fused-ring (bicyclic) bond motifs is 1. The molecule has 0 aliphatic heterocycles. The summed E-state index contributed by atoms with van der Waals surface area (Å²) in [6, 6.07) is 12.3. The van der Waals surface area contributed by atoms with Crippen LogP contribution >= 0.6 is 0 Å². The molecule has 224 valence electrons. The third-order valence-corrected chi connectivity index (χ3v) is 6.88. The minimum atomic E-state index is -1.07. The van der Waals surface area contributed by atoms with Gasteiger partial charge in [-0.3, -0.25) is 19.2 Å². The number of carboxylic acids is 1. The highest BCUT2D eigenvalue weighted by Crippen LogP contribution is 2.18. The Morgan fingerprint density at radius 1 is 0.977 bits per heavy atom. The van der Waals surface area contributed by atoms with Gasteiger partial charge in [0.15, 0.2) is 5.65 Å². The molecular weight excluding hydrogens is 575 g/mol. The fraction of sp³-hybridized carbons (Fsp3) is 0.138. The van der Waals surface area contributed by atoms with Crippen LogP contribution in [0.3, 0.4) is 0 Å². The smallest absolute Gasteiger partial charge is 0.335 e. The number of benzene rings is 2. The minimum Gasteiger partial charge on any atom is -0.478 e. The molecule has 0 fully saturated rings. The number of anilines is 3. The zero-order valence-corrected chi connectivity index (χ0v) is 23.1. The Balaban J connectivity index is 1.31. The van der Waals surface area contributed by atoms with Crippen molar-refractivity contribution in [2.45, 2.75) is 26.1 Å². The van der Waals surface area contributed by atoms with Gasteiger partial charge in [-0.05, 0) is 42.3 Å². The molecule has 14 nitrogen and oxygen atoms in total. The van der Waals surface area contributed by atoms with Gasteiger partial charge in [-0.15, -0.1) is 5.10 Å². The van der Waals surface area contributed by atoms with Crippen molar-refractivity contribution >= 4 is 40.6 Å². The molecule has 0 spiro atoms. The van der Waals surface area contributed by atoms with Crippen molar-refractivity contribution < 1.29 is 23.9 Å². The topological polar surface area (TPSA) is 224 Å². The normalized spacial score (nSPS) is 11.8. The summed E-state index contributed by atoms with van der Waals surface area (Å²) in [7, 11) is 0. The Labute approximate surface area is 247 Å². The average molecular weight is 601 g/mol. The lowest BCUT2D eigenvalue weighted by Gasteiger charge is -2.15. The Kier molecular flexibility index (Phi) is 7.77. The molecule has 0 aliphatic carbocycles. The lowest BCUT2D eigenvalue weighted by Crippen LogP contribution is -2.37. The number of rotatable bonds is 10. The second-order valence-corrected chi connectivity index (χ2v) is 9.90. The van der Waals surface area contributed by atoms with Gasteiger partial charge in [0, 0.05) is 30.8 Å². The van der Waals surface area contributed by atoms with E-state index >= 15 is 0 Å². The van der Waals surface area contributed by atoms with Gasteiger partial charge >= 0.3 is 5.97 Å². The number of carboxylic acid groups (broad SMARTS) is 1. The quantitative estimate of drug-likeness (QED) is 0.126. The van der Waals surface area contributed by atoms with Crippen LogP contribution in [0.15, 0.2) is 64.2 Å². The third kappa shape index (κ3) is 5.78. The summed E-state index contributed by atoms with van der Waals surface area (Å²) in [6.07, 6.45) is 0. The van der Waals surface area contributed by atoms with Crippen LogP contribution in [0.1, 0.15) is 61.0 Å². The number of nitrogens with two attached hydrogens (primary N) is 2. The highest BCUT2D eigenvalue weighted by Gasteiger charge is 2.21. The van der Waals surface area contributed by atoms with Gasteiger partial charge in [0.2, 0.25) is 0 Å². The molecule has 3 aromatic carbocycles. The molecule has 1 atom stereocenters. The van der Waals surface area contributed by atoms with Crippen LogP contribution in [0.2, 0.25) is 0 Å². The molecule has 0 bridgehead atoms. The van der Waals surface area contributed by atoms with Crippen molar-refractivity contribution in [3.63, 3.8) is 0 Å². The summed E-state index contributed by atoms with van der Waals surface area (Å²) in [5.74, 6) is -2.82. The predicted octanol–water partition coefficient (Wildman–Crippen LogP) is 1.36. The van der Waals surface area contributed by atoms with Gasteiger partial charge in [0.1, 0.15) is 34.4 Å². The molecule has 0 unspecified atom stereocenters. The van der Waals surface area contributed by atoms with Crippen LogP contribution < -0.4 is 38.3 Å². The highest BCUT2D eigenvalue weighted by atomic mass is 19.1. The summed E-state index contributed by atoms with van der Waals surface area (Å²) in [6.45, 7) is 1.54. The summed E-state index contributed by atoms with van der Waals surface area (Å²) in [5, 5.41) is 21.3. The maximum atomic E-state index is 14.4. The van der Waals surface area contributed by atoms with Gasteiger partial charge in [-0.1, -0.05) is 18.2 Å². The number of halogens is 1. The minimum absolute atomic E-state index is 0.0418.